The summed E-state index contributed by atoms with van der Waals surface area (Å²) in [5.41, 5.74) is 2.04. The molecule has 0 aromatic heterocycles. The highest BCUT2D eigenvalue weighted by Crippen LogP contribution is 2.36. The molecule has 2 atom stereocenters. The molecule has 0 saturated carbocycles. The first-order valence-electron chi connectivity index (χ1n) is 10.4. The van der Waals surface area contributed by atoms with Crippen molar-refractivity contribution in [1.82, 2.24) is 4.90 Å². The summed E-state index contributed by atoms with van der Waals surface area (Å²) in [6, 6.07) is 6.09. The molecule has 1 fully saturated rings. The number of Topliss-reactive ketones (excluding diaryl/α,β-unsaturated/α-hetero) is 1. The molecule has 28 heavy (non-hydrogen) atoms. The summed E-state index contributed by atoms with van der Waals surface area (Å²) in [6.07, 6.45) is 4.62. The number of fused-ring (bicyclic) bond motifs is 1. The van der Waals surface area contributed by atoms with E-state index in [0.29, 0.717) is 11.0 Å². The Morgan fingerprint density at radius 1 is 1.29 bits per heavy atom. The van der Waals surface area contributed by atoms with Crippen molar-refractivity contribution in [3.8, 4) is 5.75 Å². The van der Waals surface area contributed by atoms with Crippen LogP contribution in [0.1, 0.15) is 56.0 Å². The van der Waals surface area contributed by atoms with Crippen molar-refractivity contribution in [2.24, 2.45) is 11.8 Å². The van der Waals surface area contributed by atoms with E-state index in [4.69, 9.17) is 4.74 Å². The summed E-state index contributed by atoms with van der Waals surface area (Å²) in [7, 11) is -0.984. The summed E-state index contributed by atoms with van der Waals surface area (Å²) < 4.78 is 6.19. The van der Waals surface area contributed by atoms with E-state index >= 15 is 0 Å². The standard InChI is InChI=1S/C22H32INO3Si/c1-22(2,3)28(4)14-27-18-6-5-16-12-17(20(25)19(16)13-18)11-15-7-9-24(10-8-15)21(23)26/h5-6,13,15,17,28H,7-12,14H2,1-4H3. The number of halogens is 1. The van der Waals surface area contributed by atoms with E-state index in [2.05, 4.69) is 33.4 Å². The molecule has 1 aromatic carbocycles. The van der Waals surface area contributed by atoms with Crippen LogP contribution in [0.3, 0.4) is 0 Å². The van der Waals surface area contributed by atoms with Crippen LogP contribution < -0.4 is 4.74 Å². The maximum absolute atomic E-state index is 13.0. The zero-order valence-corrected chi connectivity index (χ0v) is 20.8. The third-order valence-corrected chi connectivity index (χ3v) is 10.9. The monoisotopic (exact) mass is 513 g/mol. The van der Waals surface area contributed by atoms with Crippen LogP contribution in [0.25, 0.3) is 0 Å². The predicted octanol–water partition coefficient (Wildman–Crippen LogP) is 5.27. The van der Waals surface area contributed by atoms with Crippen molar-refractivity contribution in [3.05, 3.63) is 29.3 Å². The Hall–Kier alpha value is -0.893. The van der Waals surface area contributed by atoms with Gasteiger partial charge in [0.05, 0.1) is 15.0 Å². The molecule has 4 nitrogen and oxygen atoms in total. The lowest BCUT2D eigenvalue weighted by Gasteiger charge is -2.31. The van der Waals surface area contributed by atoms with Gasteiger partial charge in [-0.05, 0) is 54.3 Å². The molecule has 1 aromatic rings. The van der Waals surface area contributed by atoms with Crippen molar-refractivity contribution in [2.45, 2.75) is 58.0 Å². The number of ether oxygens (including phenoxy) is 1. The van der Waals surface area contributed by atoms with Crippen LogP contribution in [-0.2, 0) is 6.42 Å². The van der Waals surface area contributed by atoms with E-state index in [1.807, 2.05) is 39.6 Å². The number of ketones is 1. The summed E-state index contributed by atoms with van der Waals surface area (Å²) in [4.78, 5) is 26.4. The van der Waals surface area contributed by atoms with Gasteiger partial charge in [-0.2, -0.15) is 0 Å². The second-order valence-electron chi connectivity index (χ2n) is 9.58. The summed E-state index contributed by atoms with van der Waals surface area (Å²) >= 11 is 1.86. The highest BCUT2D eigenvalue weighted by Gasteiger charge is 2.34. The SMILES string of the molecule is C[SiH](COc1ccc2c(c1)C(=O)C(CC1CCN(C(=O)I)CC1)C2)C(C)(C)C. The summed E-state index contributed by atoms with van der Waals surface area (Å²) in [5.74, 6) is 1.77. The second kappa shape index (κ2) is 8.86. The normalized spacial score (nSPS) is 21.5. The van der Waals surface area contributed by atoms with Crippen LogP contribution in [0.4, 0.5) is 4.79 Å². The smallest absolute Gasteiger partial charge is 0.283 e. The van der Waals surface area contributed by atoms with Gasteiger partial charge < -0.3 is 9.64 Å². The van der Waals surface area contributed by atoms with Gasteiger partial charge in [0, 0.05) is 47.2 Å². The number of carbonyl (C=O) groups is 2. The molecular formula is C22H32INO3Si. The third-order valence-electron chi connectivity index (χ3n) is 6.64. The largest absolute Gasteiger partial charge is 0.498 e. The van der Waals surface area contributed by atoms with Gasteiger partial charge in [0.1, 0.15) is 5.75 Å². The van der Waals surface area contributed by atoms with Gasteiger partial charge in [-0.1, -0.05) is 33.4 Å². The average Bonchev–Trinajstić information content (AvgIpc) is 2.94. The first-order chi connectivity index (χ1) is 13.1. The van der Waals surface area contributed by atoms with E-state index in [9.17, 15) is 9.59 Å². The Balaban J connectivity index is 1.57. The van der Waals surface area contributed by atoms with E-state index in [-0.39, 0.29) is 15.6 Å². The maximum atomic E-state index is 13.0. The Morgan fingerprint density at radius 3 is 2.57 bits per heavy atom. The van der Waals surface area contributed by atoms with Crippen LogP contribution >= 0.6 is 22.6 Å². The van der Waals surface area contributed by atoms with Crippen molar-refractivity contribution >= 4 is 41.1 Å². The van der Waals surface area contributed by atoms with E-state index < -0.39 is 8.80 Å². The second-order valence-corrected chi connectivity index (χ2v) is 14.4. The minimum Gasteiger partial charge on any atom is -0.498 e. The third kappa shape index (κ3) is 5.17. The van der Waals surface area contributed by atoms with Crippen LogP contribution in [0.15, 0.2) is 18.2 Å². The first-order valence-corrected chi connectivity index (χ1v) is 14.0. The Kier molecular flexibility index (Phi) is 6.90. The van der Waals surface area contributed by atoms with Crippen molar-refractivity contribution in [2.75, 3.05) is 19.3 Å². The Bertz CT molecular complexity index is 738. The molecule has 1 aliphatic carbocycles. The molecule has 1 heterocycles. The van der Waals surface area contributed by atoms with Gasteiger partial charge in [0.25, 0.3) is 3.91 Å². The number of carbonyl (C=O) groups excluding carboxylic acids is 2. The number of rotatable bonds is 5. The molecule has 0 radical (unpaired) electrons. The predicted molar refractivity (Wildman–Crippen MR) is 125 cm³/mol. The number of hydrogen-bond acceptors (Lipinski definition) is 3. The van der Waals surface area contributed by atoms with Gasteiger partial charge in [-0.25, -0.2) is 0 Å². The topological polar surface area (TPSA) is 46.6 Å². The maximum Gasteiger partial charge on any atom is 0.283 e. The van der Waals surface area contributed by atoms with Crippen LogP contribution in [0.2, 0.25) is 11.6 Å². The minimum absolute atomic E-state index is 0.0972. The lowest BCUT2D eigenvalue weighted by atomic mass is 9.85. The molecular weight excluding hydrogens is 481 g/mol. The van der Waals surface area contributed by atoms with E-state index in [1.165, 1.54) is 5.56 Å². The minimum atomic E-state index is -0.984. The molecule has 1 aliphatic heterocycles. The highest BCUT2D eigenvalue weighted by atomic mass is 127. The summed E-state index contributed by atoms with van der Waals surface area (Å²) in [5, 5.41) is 0.342. The lowest BCUT2D eigenvalue weighted by Crippen LogP contribution is -2.36. The molecule has 0 N–H and O–H groups in total. The van der Waals surface area contributed by atoms with Crippen molar-refractivity contribution < 1.29 is 14.3 Å². The molecule has 6 heteroatoms. The van der Waals surface area contributed by atoms with Gasteiger partial charge in [-0.3, -0.25) is 9.59 Å². The Morgan fingerprint density at radius 2 is 1.96 bits per heavy atom. The number of likely N-dealkylation sites (tertiary alicyclic amines) is 1. The van der Waals surface area contributed by atoms with Crippen LogP contribution in [0.5, 0.6) is 5.75 Å². The molecule has 2 unspecified atom stereocenters. The molecule has 1 saturated heterocycles. The molecule has 1 amide bonds. The van der Waals surface area contributed by atoms with Crippen molar-refractivity contribution in [1.29, 1.82) is 0 Å². The van der Waals surface area contributed by atoms with Gasteiger partial charge in [0.2, 0.25) is 0 Å². The Labute approximate surface area is 184 Å². The summed E-state index contributed by atoms with van der Waals surface area (Å²) in [6.45, 7) is 10.8. The van der Waals surface area contributed by atoms with Crippen LogP contribution in [-0.4, -0.2) is 42.7 Å². The van der Waals surface area contributed by atoms with Gasteiger partial charge in [-0.15, -0.1) is 0 Å². The average molecular weight is 513 g/mol. The fourth-order valence-corrected chi connectivity index (χ4v) is 5.46. The quantitative estimate of drug-likeness (QED) is 0.233. The molecule has 0 bridgehead atoms. The first kappa shape index (κ1) is 21.8. The number of piperidine rings is 1. The fourth-order valence-electron chi connectivity index (χ4n) is 4.04. The zero-order valence-electron chi connectivity index (χ0n) is 17.5. The number of hydrogen-bond donors (Lipinski definition) is 0. The van der Waals surface area contributed by atoms with Gasteiger partial charge >= 0.3 is 0 Å². The van der Waals surface area contributed by atoms with E-state index in [1.54, 1.807) is 0 Å². The molecule has 2 aliphatic rings. The fraction of sp³-hybridized carbons (Fsp3) is 0.636. The highest BCUT2D eigenvalue weighted by molar-refractivity contribution is 14.1. The molecule has 0 spiro atoms. The number of benzene rings is 1. The van der Waals surface area contributed by atoms with Crippen LogP contribution in [0, 0.1) is 11.8 Å². The lowest BCUT2D eigenvalue weighted by molar-refractivity contribution is 0.0904. The molecule has 154 valence electrons. The van der Waals surface area contributed by atoms with E-state index in [0.717, 1.165) is 56.3 Å². The van der Waals surface area contributed by atoms with Crippen molar-refractivity contribution in [3.63, 3.8) is 0 Å². The van der Waals surface area contributed by atoms with Gasteiger partial charge in [0.15, 0.2) is 5.78 Å². The number of amides is 1. The number of nitrogens with zero attached hydrogens (tertiary/aromatic N) is 1. The zero-order chi connectivity index (χ0) is 20.5. The molecule has 3 rings (SSSR count).